The Morgan fingerprint density at radius 1 is 1.19 bits per heavy atom. The SMILES string of the molecule is O=C(O)CC(C(=O)O)N1C(=O)/C(=C/c2ccc3noc(-c4ccccc4)c3c2)SC1=S. The third kappa shape index (κ3) is 4.07. The zero-order valence-corrected chi connectivity index (χ0v) is 17.4. The summed E-state index contributed by atoms with van der Waals surface area (Å²) in [5, 5.41) is 23.2. The lowest BCUT2D eigenvalue weighted by molar-refractivity contribution is -0.150. The number of nitrogens with zero attached hydrogens (tertiary/aromatic N) is 2. The molecule has 4 rings (SSSR count). The van der Waals surface area contributed by atoms with E-state index in [0.717, 1.165) is 27.6 Å². The van der Waals surface area contributed by atoms with E-state index >= 15 is 0 Å². The lowest BCUT2D eigenvalue weighted by Crippen LogP contribution is -2.45. The van der Waals surface area contributed by atoms with Crippen molar-refractivity contribution in [3.05, 3.63) is 59.0 Å². The number of carboxylic acids is 2. The van der Waals surface area contributed by atoms with Crippen LogP contribution >= 0.6 is 24.0 Å². The molecule has 1 aliphatic heterocycles. The molecule has 10 heteroatoms. The van der Waals surface area contributed by atoms with Gasteiger partial charge in [-0.05, 0) is 23.8 Å². The highest BCUT2D eigenvalue weighted by Crippen LogP contribution is 2.36. The maximum atomic E-state index is 12.8. The summed E-state index contributed by atoms with van der Waals surface area (Å²) in [4.78, 5) is 36.4. The van der Waals surface area contributed by atoms with Crippen molar-refractivity contribution >= 4 is 63.1 Å². The Kier molecular flexibility index (Phi) is 5.57. The van der Waals surface area contributed by atoms with Crippen molar-refractivity contribution in [1.82, 2.24) is 10.1 Å². The number of carboxylic acid groups (broad SMARTS) is 2. The quantitative estimate of drug-likeness (QED) is 0.425. The lowest BCUT2D eigenvalue weighted by Gasteiger charge is -2.21. The van der Waals surface area contributed by atoms with Crippen LogP contribution in [0.2, 0.25) is 0 Å². The molecule has 0 spiro atoms. The standard InChI is InChI=1S/C21H14N2O6S2/c24-17(25)10-15(20(27)28)23-19(26)16(31-21(23)30)9-11-6-7-14-13(8-11)18(29-22-14)12-4-2-1-3-5-12/h1-9,15H,10H2,(H,24,25)(H,27,28)/b16-9-. The van der Waals surface area contributed by atoms with Gasteiger partial charge in [-0.15, -0.1) is 0 Å². The maximum absolute atomic E-state index is 12.8. The van der Waals surface area contributed by atoms with Crippen LogP contribution in [-0.2, 0) is 14.4 Å². The fraction of sp³-hybridized carbons (Fsp3) is 0.0952. The van der Waals surface area contributed by atoms with Gasteiger partial charge in [0.25, 0.3) is 5.91 Å². The average molecular weight is 454 g/mol. The number of benzene rings is 2. The average Bonchev–Trinajstić information content (AvgIpc) is 3.27. The number of thioether (sulfide) groups is 1. The molecule has 1 aliphatic rings. The van der Waals surface area contributed by atoms with E-state index in [-0.39, 0.29) is 9.23 Å². The first-order valence-electron chi connectivity index (χ1n) is 9.01. The Bertz CT molecular complexity index is 1250. The number of hydrogen-bond donors (Lipinski definition) is 2. The molecule has 1 atom stereocenters. The normalized spacial score (nSPS) is 16.3. The Hall–Kier alpha value is -3.50. The highest BCUT2D eigenvalue weighted by atomic mass is 32.2. The van der Waals surface area contributed by atoms with Gasteiger partial charge < -0.3 is 14.7 Å². The van der Waals surface area contributed by atoms with E-state index < -0.39 is 30.3 Å². The van der Waals surface area contributed by atoms with Crippen LogP contribution in [-0.4, -0.2) is 48.5 Å². The number of aliphatic carboxylic acids is 2. The molecule has 8 nitrogen and oxygen atoms in total. The molecule has 0 saturated carbocycles. The van der Waals surface area contributed by atoms with Crippen molar-refractivity contribution < 1.29 is 29.1 Å². The van der Waals surface area contributed by atoms with Gasteiger partial charge in [0, 0.05) is 5.56 Å². The molecule has 2 heterocycles. The van der Waals surface area contributed by atoms with Crippen molar-refractivity contribution in [3.8, 4) is 11.3 Å². The molecule has 31 heavy (non-hydrogen) atoms. The lowest BCUT2D eigenvalue weighted by atomic mass is 10.1. The first-order valence-corrected chi connectivity index (χ1v) is 10.2. The van der Waals surface area contributed by atoms with Gasteiger partial charge in [0.05, 0.1) is 16.7 Å². The van der Waals surface area contributed by atoms with E-state index in [0.29, 0.717) is 16.8 Å². The summed E-state index contributed by atoms with van der Waals surface area (Å²) >= 11 is 6.08. The number of aromatic nitrogens is 1. The molecular formula is C21H14N2O6S2. The highest BCUT2D eigenvalue weighted by molar-refractivity contribution is 8.26. The number of carbonyl (C=O) groups is 3. The van der Waals surface area contributed by atoms with Crippen LogP contribution in [0.25, 0.3) is 28.3 Å². The fourth-order valence-corrected chi connectivity index (χ4v) is 4.56. The minimum atomic E-state index is -1.57. The summed E-state index contributed by atoms with van der Waals surface area (Å²) < 4.78 is 5.48. The summed E-state index contributed by atoms with van der Waals surface area (Å²) in [7, 11) is 0. The van der Waals surface area contributed by atoms with Crippen molar-refractivity contribution in [2.45, 2.75) is 12.5 Å². The van der Waals surface area contributed by atoms with Crippen LogP contribution < -0.4 is 0 Å². The van der Waals surface area contributed by atoms with Gasteiger partial charge in [0.15, 0.2) is 5.76 Å². The van der Waals surface area contributed by atoms with E-state index in [2.05, 4.69) is 5.16 Å². The van der Waals surface area contributed by atoms with Crippen molar-refractivity contribution in [2.75, 3.05) is 0 Å². The predicted molar refractivity (Wildman–Crippen MR) is 118 cm³/mol. The molecular weight excluding hydrogens is 440 g/mol. The van der Waals surface area contributed by atoms with E-state index in [1.54, 1.807) is 18.2 Å². The Morgan fingerprint density at radius 2 is 1.94 bits per heavy atom. The Labute approximate surface area is 185 Å². The van der Waals surface area contributed by atoms with Crippen LogP contribution in [0.5, 0.6) is 0 Å². The minimum Gasteiger partial charge on any atom is -0.481 e. The van der Waals surface area contributed by atoms with E-state index in [9.17, 15) is 19.5 Å². The van der Waals surface area contributed by atoms with Crippen LogP contribution in [0.1, 0.15) is 12.0 Å². The van der Waals surface area contributed by atoms with Gasteiger partial charge in [-0.3, -0.25) is 14.5 Å². The monoisotopic (exact) mass is 454 g/mol. The molecule has 1 unspecified atom stereocenters. The van der Waals surface area contributed by atoms with Crippen molar-refractivity contribution in [2.24, 2.45) is 0 Å². The number of hydrogen-bond acceptors (Lipinski definition) is 7. The second-order valence-electron chi connectivity index (χ2n) is 6.66. The van der Waals surface area contributed by atoms with Gasteiger partial charge in [-0.2, -0.15) is 0 Å². The second-order valence-corrected chi connectivity index (χ2v) is 8.33. The van der Waals surface area contributed by atoms with Gasteiger partial charge in [0.1, 0.15) is 15.9 Å². The molecule has 1 amide bonds. The summed E-state index contributed by atoms with van der Waals surface area (Å²) in [5.74, 6) is -2.82. The number of thiocarbonyl (C=S) groups is 1. The third-order valence-corrected chi connectivity index (χ3v) is 5.95. The molecule has 0 radical (unpaired) electrons. The Morgan fingerprint density at radius 3 is 2.61 bits per heavy atom. The smallest absolute Gasteiger partial charge is 0.327 e. The fourth-order valence-electron chi connectivity index (χ4n) is 3.20. The minimum absolute atomic E-state index is 0.000862. The van der Waals surface area contributed by atoms with Gasteiger partial charge >= 0.3 is 11.9 Å². The zero-order valence-electron chi connectivity index (χ0n) is 15.7. The second kappa shape index (κ2) is 8.32. The molecule has 3 aromatic rings. The van der Waals surface area contributed by atoms with Gasteiger partial charge in [-0.1, -0.05) is 65.5 Å². The number of fused-ring (bicyclic) bond motifs is 1. The van der Waals surface area contributed by atoms with Crippen molar-refractivity contribution in [1.29, 1.82) is 0 Å². The molecule has 2 aromatic carbocycles. The molecule has 1 saturated heterocycles. The maximum Gasteiger partial charge on any atom is 0.327 e. The molecule has 0 bridgehead atoms. The summed E-state index contributed by atoms with van der Waals surface area (Å²) in [6.07, 6.45) is 0.836. The van der Waals surface area contributed by atoms with Crippen molar-refractivity contribution in [3.63, 3.8) is 0 Å². The van der Waals surface area contributed by atoms with Gasteiger partial charge in [-0.25, -0.2) is 4.79 Å². The predicted octanol–water partition coefficient (Wildman–Crippen LogP) is 3.62. The summed E-state index contributed by atoms with van der Waals surface area (Å²) in [6, 6.07) is 13.2. The molecule has 1 fully saturated rings. The molecule has 1 aromatic heterocycles. The molecule has 156 valence electrons. The number of amides is 1. The number of rotatable bonds is 6. The van der Waals surface area contributed by atoms with E-state index in [1.165, 1.54) is 0 Å². The third-order valence-electron chi connectivity index (χ3n) is 4.62. The zero-order chi connectivity index (χ0) is 22.1. The number of carbonyl (C=O) groups excluding carboxylic acids is 1. The van der Waals surface area contributed by atoms with Crippen LogP contribution in [0, 0.1) is 0 Å². The first kappa shape index (κ1) is 20.8. The van der Waals surface area contributed by atoms with E-state index in [1.807, 2.05) is 36.4 Å². The van der Waals surface area contributed by atoms with Crippen LogP contribution in [0.15, 0.2) is 58.0 Å². The summed E-state index contributed by atoms with van der Waals surface area (Å²) in [5.41, 5.74) is 2.17. The molecule has 0 aliphatic carbocycles. The molecule has 2 N–H and O–H groups in total. The topological polar surface area (TPSA) is 121 Å². The highest BCUT2D eigenvalue weighted by Gasteiger charge is 2.41. The summed E-state index contributed by atoms with van der Waals surface area (Å²) in [6.45, 7) is 0. The Balaban J connectivity index is 1.69. The van der Waals surface area contributed by atoms with Crippen LogP contribution in [0.4, 0.5) is 0 Å². The van der Waals surface area contributed by atoms with Gasteiger partial charge in [0.2, 0.25) is 0 Å². The first-order chi connectivity index (χ1) is 14.8. The largest absolute Gasteiger partial charge is 0.481 e. The van der Waals surface area contributed by atoms with E-state index in [4.69, 9.17) is 21.8 Å². The van der Waals surface area contributed by atoms with Crippen LogP contribution in [0.3, 0.4) is 0 Å².